The minimum atomic E-state index is -0.431. The van der Waals surface area contributed by atoms with Crippen LogP contribution in [0.25, 0.3) is 0 Å². The van der Waals surface area contributed by atoms with Crippen molar-refractivity contribution in [2.45, 2.75) is 65.2 Å². The number of ether oxygens (including phenoxy) is 2. The van der Waals surface area contributed by atoms with Gasteiger partial charge in [0, 0.05) is 0 Å². The standard InChI is InChI=1S/C30H34O4/c1-3-5-7-11-23-15-17-25(18-16-23)29(31)33-27-21-19-26(20-22-27)30(32)34-28-14-10-9-13-24(28)12-8-6-4-2/h9-10,13-22H,3-8,11-12H2,1-2H3. The predicted octanol–water partition coefficient (Wildman–Crippen LogP) is 7.59. The third-order valence-corrected chi connectivity index (χ3v) is 5.78. The van der Waals surface area contributed by atoms with Gasteiger partial charge in [0.2, 0.25) is 0 Å². The largest absolute Gasteiger partial charge is 0.423 e. The van der Waals surface area contributed by atoms with Crippen LogP contribution >= 0.6 is 0 Å². The molecule has 4 nitrogen and oxygen atoms in total. The van der Waals surface area contributed by atoms with Crippen molar-refractivity contribution < 1.29 is 19.1 Å². The van der Waals surface area contributed by atoms with E-state index in [4.69, 9.17) is 9.47 Å². The van der Waals surface area contributed by atoms with Crippen molar-refractivity contribution in [3.05, 3.63) is 95.1 Å². The number of aryl methyl sites for hydroxylation is 2. The van der Waals surface area contributed by atoms with Crippen LogP contribution in [-0.4, -0.2) is 11.9 Å². The zero-order chi connectivity index (χ0) is 24.2. The molecule has 178 valence electrons. The van der Waals surface area contributed by atoms with E-state index in [0.29, 0.717) is 22.6 Å². The smallest absolute Gasteiger partial charge is 0.343 e. The van der Waals surface area contributed by atoms with E-state index in [1.54, 1.807) is 36.4 Å². The van der Waals surface area contributed by atoms with Crippen molar-refractivity contribution in [3.63, 3.8) is 0 Å². The van der Waals surface area contributed by atoms with E-state index in [1.165, 1.54) is 18.4 Å². The highest BCUT2D eigenvalue weighted by molar-refractivity contribution is 5.92. The van der Waals surface area contributed by atoms with Crippen LogP contribution in [-0.2, 0) is 12.8 Å². The van der Waals surface area contributed by atoms with Crippen molar-refractivity contribution >= 4 is 11.9 Å². The number of para-hydroxylation sites is 1. The maximum absolute atomic E-state index is 12.6. The molecule has 0 heterocycles. The number of benzene rings is 3. The van der Waals surface area contributed by atoms with Crippen LogP contribution in [0.4, 0.5) is 0 Å². The van der Waals surface area contributed by atoms with Crippen molar-refractivity contribution in [3.8, 4) is 11.5 Å². The summed E-state index contributed by atoms with van der Waals surface area (Å²) in [5.41, 5.74) is 3.16. The summed E-state index contributed by atoms with van der Waals surface area (Å²) in [6.45, 7) is 4.35. The topological polar surface area (TPSA) is 52.6 Å². The lowest BCUT2D eigenvalue weighted by atomic mass is 10.1. The first-order chi connectivity index (χ1) is 16.6. The second-order valence-electron chi connectivity index (χ2n) is 8.52. The Hall–Kier alpha value is -3.40. The zero-order valence-corrected chi connectivity index (χ0v) is 20.2. The van der Waals surface area contributed by atoms with Crippen LogP contribution < -0.4 is 9.47 Å². The van der Waals surface area contributed by atoms with Crippen molar-refractivity contribution in [2.75, 3.05) is 0 Å². The number of rotatable bonds is 12. The third-order valence-electron chi connectivity index (χ3n) is 5.78. The van der Waals surface area contributed by atoms with E-state index in [9.17, 15) is 9.59 Å². The van der Waals surface area contributed by atoms with Crippen LogP contribution in [0, 0.1) is 0 Å². The van der Waals surface area contributed by atoms with E-state index >= 15 is 0 Å². The second-order valence-corrected chi connectivity index (χ2v) is 8.52. The van der Waals surface area contributed by atoms with E-state index in [-0.39, 0.29) is 0 Å². The van der Waals surface area contributed by atoms with Crippen LogP contribution in [0.3, 0.4) is 0 Å². The first-order valence-corrected chi connectivity index (χ1v) is 12.3. The summed E-state index contributed by atoms with van der Waals surface area (Å²) in [6, 6.07) is 21.7. The van der Waals surface area contributed by atoms with Gasteiger partial charge >= 0.3 is 11.9 Å². The molecular formula is C30H34O4. The fourth-order valence-electron chi connectivity index (χ4n) is 3.75. The van der Waals surface area contributed by atoms with Gasteiger partial charge in [-0.05, 0) is 79.3 Å². The van der Waals surface area contributed by atoms with Gasteiger partial charge in [-0.1, -0.05) is 69.9 Å². The van der Waals surface area contributed by atoms with Gasteiger partial charge in [0.1, 0.15) is 11.5 Å². The summed E-state index contributed by atoms with van der Waals surface area (Å²) in [5.74, 6) is 0.127. The van der Waals surface area contributed by atoms with E-state index in [1.807, 2.05) is 36.4 Å². The minimum absolute atomic E-state index is 0.383. The quantitative estimate of drug-likeness (QED) is 0.159. The Labute approximate surface area is 202 Å². The van der Waals surface area contributed by atoms with Gasteiger partial charge < -0.3 is 9.47 Å². The molecular weight excluding hydrogens is 424 g/mol. The highest BCUT2D eigenvalue weighted by Gasteiger charge is 2.13. The number of carbonyl (C=O) groups is 2. The average molecular weight is 459 g/mol. The molecule has 0 aromatic heterocycles. The number of carbonyl (C=O) groups excluding carboxylic acids is 2. The molecule has 3 aromatic carbocycles. The SMILES string of the molecule is CCCCCc1ccc(C(=O)Oc2ccc(C(=O)Oc3ccccc3CCCCC)cc2)cc1. The molecule has 34 heavy (non-hydrogen) atoms. The summed E-state index contributed by atoms with van der Waals surface area (Å²) >= 11 is 0. The molecule has 0 spiro atoms. The molecule has 0 saturated heterocycles. The Morgan fingerprint density at radius 3 is 1.82 bits per heavy atom. The summed E-state index contributed by atoms with van der Waals surface area (Å²) < 4.78 is 11.1. The van der Waals surface area contributed by atoms with Gasteiger partial charge in [0.05, 0.1) is 11.1 Å². The number of hydrogen-bond donors (Lipinski definition) is 0. The van der Waals surface area contributed by atoms with Crippen molar-refractivity contribution in [2.24, 2.45) is 0 Å². The first-order valence-electron chi connectivity index (χ1n) is 12.3. The van der Waals surface area contributed by atoms with Gasteiger partial charge in [-0.2, -0.15) is 0 Å². The number of esters is 2. The van der Waals surface area contributed by atoms with E-state index < -0.39 is 11.9 Å². The maximum Gasteiger partial charge on any atom is 0.343 e. The van der Waals surface area contributed by atoms with Gasteiger partial charge in [-0.15, -0.1) is 0 Å². The average Bonchev–Trinajstić information content (AvgIpc) is 2.86. The molecule has 3 aromatic rings. The zero-order valence-electron chi connectivity index (χ0n) is 20.2. The second kappa shape index (κ2) is 13.3. The minimum Gasteiger partial charge on any atom is -0.423 e. The highest BCUT2D eigenvalue weighted by atomic mass is 16.5. The summed E-state index contributed by atoms with van der Waals surface area (Å²) in [5, 5.41) is 0. The molecule has 0 fully saturated rings. The Balaban J connectivity index is 1.56. The fraction of sp³-hybridized carbons (Fsp3) is 0.333. The highest BCUT2D eigenvalue weighted by Crippen LogP contribution is 2.23. The van der Waals surface area contributed by atoms with Gasteiger partial charge in [0.15, 0.2) is 0 Å². The summed E-state index contributed by atoms with van der Waals surface area (Å²) in [6.07, 6.45) is 8.79. The summed E-state index contributed by atoms with van der Waals surface area (Å²) in [7, 11) is 0. The third kappa shape index (κ3) is 7.58. The van der Waals surface area contributed by atoms with Gasteiger partial charge in [-0.3, -0.25) is 0 Å². The number of unbranched alkanes of at least 4 members (excludes halogenated alkanes) is 4. The molecule has 3 rings (SSSR count). The van der Waals surface area contributed by atoms with E-state index in [0.717, 1.165) is 44.1 Å². The monoisotopic (exact) mass is 458 g/mol. The van der Waals surface area contributed by atoms with Gasteiger partial charge in [-0.25, -0.2) is 9.59 Å². The molecule has 0 aliphatic carbocycles. The molecule has 0 aliphatic heterocycles. The molecule has 0 aliphatic rings. The lowest BCUT2D eigenvalue weighted by Gasteiger charge is -2.10. The van der Waals surface area contributed by atoms with Crippen LogP contribution in [0.2, 0.25) is 0 Å². The van der Waals surface area contributed by atoms with Gasteiger partial charge in [0.25, 0.3) is 0 Å². The van der Waals surface area contributed by atoms with Crippen LogP contribution in [0.5, 0.6) is 11.5 Å². The molecule has 4 heteroatoms. The molecule has 0 saturated carbocycles. The molecule has 0 amide bonds. The molecule has 0 unspecified atom stereocenters. The van der Waals surface area contributed by atoms with Crippen molar-refractivity contribution in [1.29, 1.82) is 0 Å². The maximum atomic E-state index is 12.6. The molecule has 0 atom stereocenters. The van der Waals surface area contributed by atoms with Crippen LogP contribution in [0.1, 0.15) is 84.2 Å². The number of hydrogen-bond acceptors (Lipinski definition) is 4. The Bertz CT molecular complexity index is 1050. The lowest BCUT2D eigenvalue weighted by molar-refractivity contribution is 0.0729. The van der Waals surface area contributed by atoms with Crippen LogP contribution in [0.15, 0.2) is 72.8 Å². The molecule has 0 N–H and O–H groups in total. The van der Waals surface area contributed by atoms with E-state index in [2.05, 4.69) is 13.8 Å². The fourth-order valence-corrected chi connectivity index (χ4v) is 3.75. The first kappa shape index (κ1) is 25.2. The Kier molecular flexibility index (Phi) is 9.90. The lowest BCUT2D eigenvalue weighted by Crippen LogP contribution is -2.11. The Morgan fingerprint density at radius 2 is 1.18 bits per heavy atom. The van der Waals surface area contributed by atoms with Crippen molar-refractivity contribution in [1.82, 2.24) is 0 Å². The normalized spacial score (nSPS) is 10.6. The Morgan fingerprint density at radius 1 is 0.618 bits per heavy atom. The predicted molar refractivity (Wildman–Crippen MR) is 136 cm³/mol. The summed E-state index contributed by atoms with van der Waals surface area (Å²) in [4.78, 5) is 25.1. The molecule has 0 bridgehead atoms. The molecule has 0 radical (unpaired) electrons.